The highest BCUT2D eigenvalue weighted by atomic mass is 19.1. The smallest absolute Gasteiger partial charge is 0.274 e. The van der Waals surface area contributed by atoms with E-state index in [1.807, 2.05) is 17.7 Å². The topological polar surface area (TPSA) is 53.1 Å². The Morgan fingerprint density at radius 2 is 2.24 bits per heavy atom. The number of rotatable bonds is 2. The van der Waals surface area contributed by atoms with Crippen LogP contribution < -0.4 is 0 Å². The van der Waals surface area contributed by atoms with Crippen LogP contribution in [0.5, 0.6) is 0 Å². The van der Waals surface area contributed by atoms with Gasteiger partial charge in [-0.2, -0.15) is 4.98 Å². The molecule has 1 aromatic carbocycles. The van der Waals surface area contributed by atoms with E-state index in [1.54, 1.807) is 6.07 Å². The summed E-state index contributed by atoms with van der Waals surface area (Å²) in [5, 5.41) is 4.87. The van der Waals surface area contributed by atoms with Crippen molar-refractivity contribution in [2.75, 3.05) is 13.2 Å². The Morgan fingerprint density at radius 3 is 3.05 bits per heavy atom. The highest BCUT2D eigenvalue weighted by Crippen LogP contribution is 2.29. The quantitative estimate of drug-likeness (QED) is 0.727. The van der Waals surface area contributed by atoms with Crippen molar-refractivity contribution in [3.63, 3.8) is 0 Å². The molecule has 0 saturated carbocycles. The fourth-order valence-electron chi connectivity index (χ4n) is 2.77. The van der Waals surface area contributed by atoms with Crippen LogP contribution in [0.2, 0.25) is 0 Å². The average molecular weight is 287 g/mol. The van der Waals surface area contributed by atoms with Gasteiger partial charge in [0.25, 0.3) is 5.89 Å². The maximum absolute atomic E-state index is 13.3. The molecule has 1 aliphatic heterocycles. The molecule has 0 radical (unpaired) electrons. The van der Waals surface area contributed by atoms with E-state index in [4.69, 9.17) is 9.26 Å². The van der Waals surface area contributed by atoms with Gasteiger partial charge in [-0.1, -0.05) is 5.16 Å². The summed E-state index contributed by atoms with van der Waals surface area (Å²) in [7, 11) is 1.90. The fraction of sp³-hybridized carbons (Fsp3) is 0.333. The first-order valence-electron chi connectivity index (χ1n) is 6.89. The molecule has 2 aromatic heterocycles. The van der Waals surface area contributed by atoms with Gasteiger partial charge in [0.2, 0.25) is 0 Å². The zero-order valence-corrected chi connectivity index (χ0v) is 11.5. The van der Waals surface area contributed by atoms with E-state index in [0.29, 0.717) is 18.3 Å². The maximum atomic E-state index is 13.3. The summed E-state index contributed by atoms with van der Waals surface area (Å²) in [6.07, 6.45) is 0.916. The number of ether oxygens (including phenoxy) is 1. The van der Waals surface area contributed by atoms with Gasteiger partial charge in [-0.25, -0.2) is 4.39 Å². The zero-order valence-electron chi connectivity index (χ0n) is 11.5. The summed E-state index contributed by atoms with van der Waals surface area (Å²) >= 11 is 0. The molecule has 0 amide bonds. The maximum Gasteiger partial charge on any atom is 0.274 e. The van der Waals surface area contributed by atoms with Gasteiger partial charge in [0.1, 0.15) is 11.5 Å². The van der Waals surface area contributed by atoms with E-state index in [2.05, 4.69) is 10.1 Å². The van der Waals surface area contributed by atoms with Crippen LogP contribution in [0, 0.1) is 5.82 Å². The van der Waals surface area contributed by atoms with E-state index in [9.17, 15) is 4.39 Å². The molecule has 1 aliphatic rings. The Hall–Kier alpha value is -2.21. The van der Waals surface area contributed by atoms with Crippen molar-refractivity contribution in [1.29, 1.82) is 0 Å². The van der Waals surface area contributed by atoms with Crippen molar-refractivity contribution in [1.82, 2.24) is 14.7 Å². The molecule has 21 heavy (non-hydrogen) atoms. The van der Waals surface area contributed by atoms with Crippen LogP contribution in [0.15, 0.2) is 28.8 Å². The molecule has 1 saturated heterocycles. The zero-order chi connectivity index (χ0) is 14.4. The summed E-state index contributed by atoms with van der Waals surface area (Å²) in [6, 6.07) is 6.55. The third kappa shape index (κ3) is 2.03. The highest BCUT2D eigenvalue weighted by molar-refractivity contribution is 5.85. The second-order valence-electron chi connectivity index (χ2n) is 5.31. The second kappa shape index (κ2) is 4.66. The Bertz CT molecular complexity index is 802. The Balaban J connectivity index is 1.77. The molecular formula is C15H14FN3O2. The Kier molecular flexibility index (Phi) is 2.78. The minimum Gasteiger partial charge on any atom is -0.381 e. The first kappa shape index (κ1) is 12.5. The van der Waals surface area contributed by atoms with Gasteiger partial charge >= 0.3 is 0 Å². The number of hydrogen-bond acceptors (Lipinski definition) is 4. The second-order valence-corrected chi connectivity index (χ2v) is 5.31. The highest BCUT2D eigenvalue weighted by Gasteiger charge is 2.24. The molecule has 1 fully saturated rings. The molecule has 0 bridgehead atoms. The number of benzene rings is 1. The lowest BCUT2D eigenvalue weighted by atomic mass is 10.1. The van der Waals surface area contributed by atoms with Gasteiger partial charge in [0, 0.05) is 30.5 Å². The summed E-state index contributed by atoms with van der Waals surface area (Å²) in [5.41, 5.74) is 1.71. The summed E-state index contributed by atoms with van der Waals surface area (Å²) in [4.78, 5) is 4.47. The van der Waals surface area contributed by atoms with Gasteiger partial charge in [-0.3, -0.25) is 0 Å². The van der Waals surface area contributed by atoms with E-state index in [1.165, 1.54) is 12.1 Å². The van der Waals surface area contributed by atoms with Crippen LogP contribution in [0.1, 0.15) is 18.2 Å². The van der Waals surface area contributed by atoms with Crippen LogP contribution in [0.3, 0.4) is 0 Å². The molecule has 4 rings (SSSR count). The summed E-state index contributed by atoms with van der Waals surface area (Å²) in [6.45, 7) is 1.38. The monoisotopic (exact) mass is 287 g/mol. The fourth-order valence-corrected chi connectivity index (χ4v) is 2.77. The minimum absolute atomic E-state index is 0.203. The van der Waals surface area contributed by atoms with Crippen molar-refractivity contribution in [2.45, 2.75) is 12.3 Å². The van der Waals surface area contributed by atoms with E-state index < -0.39 is 0 Å². The number of aromatic nitrogens is 3. The molecule has 5 nitrogen and oxygen atoms in total. The molecule has 0 N–H and O–H groups in total. The minimum atomic E-state index is -0.256. The third-order valence-corrected chi connectivity index (χ3v) is 3.96. The molecule has 0 aliphatic carbocycles. The van der Waals surface area contributed by atoms with Gasteiger partial charge in [0.15, 0.2) is 5.82 Å². The first-order chi connectivity index (χ1) is 10.2. The SMILES string of the molecule is Cn1c(-c2nc([C@@H]3CCOC3)no2)cc2cc(F)ccc21. The normalized spacial score (nSPS) is 18.7. The van der Waals surface area contributed by atoms with Gasteiger partial charge in [-0.15, -0.1) is 0 Å². The van der Waals surface area contributed by atoms with E-state index >= 15 is 0 Å². The standard InChI is InChI=1S/C15H14FN3O2/c1-19-12-3-2-11(16)6-10(12)7-13(19)15-17-14(18-21-15)9-4-5-20-8-9/h2-3,6-7,9H,4-5,8H2,1H3/t9-/m1/s1. The van der Waals surface area contributed by atoms with E-state index in [0.717, 1.165) is 29.6 Å². The van der Waals surface area contributed by atoms with Crippen LogP contribution in [-0.2, 0) is 11.8 Å². The Morgan fingerprint density at radius 1 is 1.33 bits per heavy atom. The number of halogens is 1. The van der Waals surface area contributed by atoms with Crippen molar-refractivity contribution < 1.29 is 13.7 Å². The van der Waals surface area contributed by atoms with Gasteiger partial charge in [-0.05, 0) is 30.7 Å². The molecule has 0 spiro atoms. The third-order valence-electron chi connectivity index (χ3n) is 3.96. The summed E-state index contributed by atoms with van der Waals surface area (Å²) in [5.74, 6) is 1.08. The first-order valence-corrected chi connectivity index (χ1v) is 6.89. The van der Waals surface area contributed by atoms with Crippen molar-refractivity contribution >= 4 is 10.9 Å². The number of fused-ring (bicyclic) bond motifs is 1. The van der Waals surface area contributed by atoms with Crippen LogP contribution in [0.25, 0.3) is 22.5 Å². The number of hydrogen-bond donors (Lipinski definition) is 0. The lowest BCUT2D eigenvalue weighted by molar-refractivity contribution is 0.192. The number of nitrogens with zero attached hydrogens (tertiary/aromatic N) is 3. The molecule has 3 heterocycles. The lowest BCUT2D eigenvalue weighted by Crippen LogP contribution is -2.00. The van der Waals surface area contributed by atoms with Crippen molar-refractivity contribution in [3.8, 4) is 11.6 Å². The molecule has 3 aromatic rings. The average Bonchev–Trinajstić information content (AvgIpc) is 3.17. The predicted molar refractivity (Wildman–Crippen MR) is 74.3 cm³/mol. The van der Waals surface area contributed by atoms with Crippen molar-refractivity contribution in [2.24, 2.45) is 7.05 Å². The van der Waals surface area contributed by atoms with Crippen molar-refractivity contribution in [3.05, 3.63) is 35.9 Å². The largest absolute Gasteiger partial charge is 0.381 e. The van der Waals surface area contributed by atoms with Gasteiger partial charge < -0.3 is 13.8 Å². The lowest BCUT2D eigenvalue weighted by Gasteiger charge is -1.99. The molecular weight excluding hydrogens is 273 g/mol. The predicted octanol–water partition coefficient (Wildman–Crippen LogP) is 2.87. The molecule has 108 valence electrons. The van der Waals surface area contributed by atoms with E-state index in [-0.39, 0.29) is 11.7 Å². The Labute approximate surface area is 120 Å². The molecule has 6 heteroatoms. The van der Waals surface area contributed by atoms with Gasteiger partial charge in [0.05, 0.1) is 6.61 Å². The van der Waals surface area contributed by atoms with Crippen LogP contribution in [0.4, 0.5) is 4.39 Å². The molecule has 0 unspecified atom stereocenters. The van der Waals surface area contributed by atoms with Crippen LogP contribution in [-0.4, -0.2) is 27.9 Å². The van der Waals surface area contributed by atoms with Crippen LogP contribution >= 0.6 is 0 Å². The molecule has 1 atom stereocenters. The number of aryl methyl sites for hydroxylation is 1. The summed E-state index contributed by atoms with van der Waals surface area (Å²) < 4.78 is 26.0.